The van der Waals surface area contributed by atoms with E-state index < -0.39 is 11.6 Å². The highest BCUT2D eigenvalue weighted by Gasteiger charge is 2.28. The molecule has 0 bridgehead atoms. The van der Waals surface area contributed by atoms with Crippen LogP contribution in [0.4, 0.5) is 37.6 Å². The van der Waals surface area contributed by atoms with Gasteiger partial charge in [-0.25, -0.2) is 13.8 Å². The van der Waals surface area contributed by atoms with Crippen LogP contribution in [0.3, 0.4) is 0 Å². The van der Waals surface area contributed by atoms with Crippen molar-refractivity contribution < 1.29 is 18.6 Å². The normalized spacial score (nSPS) is 18.5. The number of ether oxygens (including phenoxy) is 1. The van der Waals surface area contributed by atoms with E-state index in [0.717, 1.165) is 6.20 Å². The van der Waals surface area contributed by atoms with Crippen molar-refractivity contribution in [1.82, 2.24) is 14.8 Å². The van der Waals surface area contributed by atoms with Gasteiger partial charge in [-0.05, 0) is 36.8 Å². The second kappa shape index (κ2) is 9.37. The lowest BCUT2D eigenvalue weighted by Crippen LogP contribution is -2.32. The molecule has 1 fully saturated rings. The smallest absolute Gasteiger partial charge is 0.229 e. The Labute approximate surface area is 184 Å². The lowest BCUT2D eigenvalue weighted by atomic mass is 10.2. The molecule has 2 heterocycles. The Balaban J connectivity index is 1.42. The fourth-order valence-corrected chi connectivity index (χ4v) is 3.52. The highest BCUT2D eigenvalue weighted by atomic mass is 19.1. The number of hydrogen-bond donors (Lipinski definition) is 4. The SMILES string of the molecule is BN1C[C@H](O)C[C@H]1COc1ccc(Nc2ncc(F)c(Nc3cccc(N)c3)n2)cc1F. The van der Waals surface area contributed by atoms with Crippen LogP contribution >= 0.6 is 0 Å². The topological polar surface area (TPSA) is 109 Å². The molecule has 0 spiro atoms. The van der Waals surface area contributed by atoms with Crippen LogP contribution in [0.25, 0.3) is 0 Å². The predicted octanol–water partition coefficient (Wildman–Crippen LogP) is 2.19. The number of β-amino-alcohol motifs (C(OH)–C–C–N with tert-alkyl or cyclic N) is 1. The Hall–Kier alpha value is -3.44. The monoisotopic (exact) mass is 440 g/mol. The van der Waals surface area contributed by atoms with Crippen LogP contribution in [0.15, 0.2) is 48.7 Å². The predicted molar refractivity (Wildman–Crippen MR) is 121 cm³/mol. The van der Waals surface area contributed by atoms with Crippen LogP contribution in [0.5, 0.6) is 5.75 Å². The van der Waals surface area contributed by atoms with Crippen molar-refractivity contribution in [2.75, 3.05) is 29.5 Å². The lowest BCUT2D eigenvalue weighted by Gasteiger charge is -2.20. The Morgan fingerprint density at radius 2 is 1.97 bits per heavy atom. The Bertz CT molecular complexity index is 1110. The van der Waals surface area contributed by atoms with Gasteiger partial charge in [0.1, 0.15) is 6.61 Å². The third kappa shape index (κ3) is 5.24. The molecule has 0 saturated carbocycles. The molecule has 0 radical (unpaired) electrons. The quantitative estimate of drug-likeness (QED) is 0.327. The van der Waals surface area contributed by atoms with Gasteiger partial charge in [0.05, 0.1) is 12.3 Å². The van der Waals surface area contributed by atoms with Crippen molar-refractivity contribution in [2.24, 2.45) is 0 Å². The van der Waals surface area contributed by atoms with Crippen molar-refractivity contribution in [3.8, 4) is 5.75 Å². The van der Waals surface area contributed by atoms with Crippen LogP contribution < -0.4 is 21.1 Å². The zero-order valence-corrected chi connectivity index (χ0v) is 17.4. The summed E-state index contributed by atoms with van der Waals surface area (Å²) >= 11 is 0. The van der Waals surface area contributed by atoms with E-state index in [-0.39, 0.29) is 36.3 Å². The number of benzene rings is 2. The van der Waals surface area contributed by atoms with Crippen LogP contribution in [0.1, 0.15) is 6.42 Å². The van der Waals surface area contributed by atoms with Crippen LogP contribution in [-0.4, -0.2) is 53.2 Å². The molecular weight excluding hydrogens is 417 g/mol. The molecule has 5 N–H and O–H groups in total. The first-order chi connectivity index (χ1) is 15.4. The van der Waals surface area contributed by atoms with E-state index in [1.54, 1.807) is 30.3 Å². The van der Waals surface area contributed by atoms with Crippen molar-refractivity contribution >= 4 is 36.8 Å². The molecule has 1 aliphatic heterocycles. The van der Waals surface area contributed by atoms with Crippen molar-refractivity contribution in [3.63, 3.8) is 0 Å². The third-order valence-electron chi connectivity index (χ3n) is 5.18. The van der Waals surface area contributed by atoms with E-state index in [1.165, 1.54) is 12.1 Å². The van der Waals surface area contributed by atoms with Gasteiger partial charge in [-0.15, -0.1) is 0 Å². The summed E-state index contributed by atoms with van der Waals surface area (Å²) in [6.07, 6.45) is 1.22. The summed E-state index contributed by atoms with van der Waals surface area (Å²) in [4.78, 5) is 10.0. The summed E-state index contributed by atoms with van der Waals surface area (Å²) < 4.78 is 34.2. The molecule has 32 heavy (non-hydrogen) atoms. The molecule has 1 aliphatic rings. The van der Waals surface area contributed by atoms with E-state index in [1.807, 2.05) is 12.8 Å². The van der Waals surface area contributed by atoms with Crippen molar-refractivity contribution in [3.05, 3.63) is 60.3 Å². The number of rotatable bonds is 7. The molecule has 1 saturated heterocycles. The molecule has 8 nitrogen and oxygen atoms in total. The zero-order chi connectivity index (χ0) is 22.7. The fourth-order valence-electron chi connectivity index (χ4n) is 3.52. The van der Waals surface area contributed by atoms with E-state index >= 15 is 0 Å². The fraction of sp³-hybridized carbons (Fsp3) is 0.238. The maximum absolute atomic E-state index is 14.5. The van der Waals surface area contributed by atoms with Crippen molar-refractivity contribution in [1.29, 1.82) is 0 Å². The van der Waals surface area contributed by atoms with Gasteiger partial charge in [-0.2, -0.15) is 4.98 Å². The Morgan fingerprint density at radius 1 is 1.16 bits per heavy atom. The minimum absolute atomic E-state index is 0.0284. The van der Waals surface area contributed by atoms with Gasteiger partial charge in [0.25, 0.3) is 0 Å². The second-order valence-corrected chi connectivity index (χ2v) is 7.70. The van der Waals surface area contributed by atoms with Gasteiger partial charge in [0.15, 0.2) is 31.2 Å². The van der Waals surface area contributed by atoms with E-state index in [9.17, 15) is 13.9 Å². The lowest BCUT2D eigenvalue weighted by molar-refractivity contribution is 0.186. The van der Waals surface area contributed by atoms with E-state index in [2.05, 4.69) is 20.6 Å². The number of nitrogens with zero attached hydrogens (tertiary/aromatic N) is 3. The van der Waals surface area contributed by atoms with Gasteiger partial charge in [0.2, 0.25) is 5.95 Å². The first-order valence-corrected chi connectivity index (χ1v) is 10.1. The molecule has 11 heteroatoms. The zero-order valence-electron chi connectivity index (χ0n) is 17.4. The number of nitrogens with two attached hydrogens (primary N) is 1. The molecule has 0 aliphatic carbocycles. The Morgan fingerprint density at radius 3 is 2.69 bits per heavy atom. The summed E-state index contributed by atoms with van der Waals surface area (Å²) in [5, 5.41) is 15.4. The van der Waals surface area contributed by atoms with Crippen molar-refractivity contribution in [2.45, 2.75) is 18.6 Å². The summed E-state index contributed by atoms with van der Waals surface area (Å²) in [5.74, 6) is -1.05. The summed E-state index contributed by atoms with van der Waals surface area (Å²) in [6.45, 7) is 0.850. The maximum Gasteiger partial charge on any atom is 0.229 e. The standard InChI is InChI=1S/C21H23BF2N6O2/c22-30-10-16(31)8-15(30)11-32-19-5-4-14(7-17(19)23)28-21-26-9-18(24)20(29-21)27-13-3-1-2-12(25)6-13/h1-7,9,15-16,31H,8,10-11,22,25H2,(H2,26,27,28,29)/t15-,16+/m0/s1. The summed E-state index contributed by atoms with van der Waals surface area (Å²) in [5.41, 5.74) is 7.22. The molecule has 166 valence electrons. The van der Waals surface area contributed by atoms with Crippen LogP contribution in [-0.2, 0) is 0 Å². The minimum atomic E-state index is -0.644. The first kappa shape index (κ1) is 21.8. The average molecular weight is 440 g/mol. The summed E-state index contributed by atoms with van der Waals surface area (Å²) in [7, 11) is 1.90. The minimum Gasteiger partial charge on any atom is -0.489 e. The molecule has 3 aromatic rings. The number of hydrogen-bond acceptors (Lipinski definition) is 8. The van der Waals surface area contributed by atoms with Gasteiger partial charge in [-0.1, -0.05) is 6.07 Å². The number of aliphatic hydroxyl groups excluding tert-OH is 1. The third-order valence-corrected chi connectivity index (χ3v) is 5.18. The Kier molecular flexibility index (Phi) is 6.38. The van der Waals surface area contributed by atoms with Crippen LogP contribution in [0.2, 0.25) is 0 Å². The second-order valence-electron chi connectivity index (χ2n) is 7.70. The molecule has 0 amide bonds. The van der Waals surface area contributed by atoms with Crippen LogP contribution in [0, 0.1) is 11.6 Å². The van der Waals surface area contributed by atoms with Gasteiger partial charge < -0.3 is 31.0 Å². The number of anilines is 5. The van der Waals surface area contributed by atoms with Gasteiger partial charge in [0, 0.05) is 35.7 Å². The largest absolute Gasteiger partial charge is 0.489 e. The van der Waals surface area contributed by atoms with Gasteiger partial charge in [-0.3, -0.25) is 0 Å². The average Bonchev–Trinajstić information content (AvgIpc) is 3.07. The van der Waals surface area contributed by atoms with E-state index in [0.29, 0.717) is 30.0 Å². The number of nitrogen functional groups attached to an aromatic ring is 1. The summed E-state index contributed by atoms with van der Waals surface area (Å²) in [6, 6.07) is 11.2. The number of nitrogens with one attached hydrogen (secondary N) is 2. The number of aromatic nitrogens is 2. The molecule has 2 aromatic carbocycles. The number of halogens is 2. The van der Waals surface area contributed by atoms with Gasteiger partial charge >= 0.3 is 0 Å². The first-order valence-electron chi connectivity index (χ1n) is 10.1. The maximum atomic E-state index is 14.5. The van der Waals surface area contributed by atoms with E-state index in [4.69, 9.17) is 10.5 Å². The molecular formula is C21H23BF2N6O2. The molecule has 2 atom stereocenters. The molecule has 1 aromatic heterocycles. The highest BCUT2D eigenvalue weighted by molar-refractivity contribution is 6.04. The highest BCUT2D eigenvalue weighted by Crippen LogP contribution is 2.26. The molecule has 0 unspecified atom stereocenters. The number of aliphatic hydroxyl groups is 1. The molecule has 4 rings (SSSR count).